The molecule has 1 fully saturated rings. The molecule has 1 unspecified atom stereocenters. The molecule has 0 N–H and O–H groups in total. The SMILES string of the molecule is C=CCOC(=O)C1(CCO[Si](C)(C)C(C)(C)C)CCCN(C(=O)c2ccccc2)C1. The first kappa shape index (κ1) is 24.3. The van der Waals surface area contributed by atoms with Gasteiger partial charge in [-0.1, -0.05) is 51.6 Å². The van der Waals surface area contributed by atoms with E-state index in [1.54, 1.807) is 11.0 Å². The Hall–Kier alpha value is -1.92. The molecule has 1 aromatic rings. The van der Waals surface area contributed by atoms with Gasteiger partial charge in [0.15, 0.2) is 8.32 Å². The zero-order valence-electron chi connectivity index (χ0n) is 19.2. The van der Waals surface area contributed by atoms with Crippen LogP contribution < -0.4 is 0 Å². The molecule has 1 amide bonds. The van der Waals surface area contributed by atoms with Gasteiger partial charge in [0.1, 0.15) is 6.61 Å². The normalized spacial score (nSPS) is 20.0. The van der Waals surface area contributed by atoms with Gasteiger partial charge in [-0.25, -0.2) is 0 Å². The molecule has 0 aliphatic carbocycles. The van der Waals surface area contributed by atoms with Crippen LogP contribution in [0.4, 0.5) is 0 Å². The Morgan fingerprint density at radius 1 is 1.23 bits per heavy atom. The third kappa shape index (κ3) is 5.82. The summed E-state index contributed by atoms with van der Waals surface area (Å²) in [7, 11) is -1.92. The van der Waals surface area contributed by atoms with Gasteiger partial charge in [-0.05, 0) is 49.5 Å². The number of benzene rings is 1. The maximum atomic E-state index is 13.1. The summed E-state index contributed by atoms with van der Waals surface area (Å²) >= 11 is 0. The summed E-state index contributed by atoms with van der Waals surface area (Å²) in [4.78, 5) is 27.9. The molecule has 0 radical (unpaired) electrons. The summed E-state index contributed by atoms with van der Waals surface area (Å²) in [6, 6.07) is 9.23. The van der Waals surface area contributed by atoms with Gasteiger partial charge in [0, 0.05) is 25.3 Å². The van der Waals surface area contributed by atoms with Crippen molar-refractivity contribution in [3.63, 3.8) is 0 Å². The van der Waals surface area contributed by atoms with Crippen LogP contribution in [0.15, 0.2) is 43.0 Å². The maximum Gasteiger partial charge on any atom is 0.314 e. The van der Waals surface area contributed by atoms with Crippen LogP contribution in [-0.2, 0) is 14.0 Å². The molecule has 0 spiro atoms. The first-order chi connectivity index (χ1) is 14.0. The molecule has 1 aliphatic rings. The molecule has 166 valence electrons. The zero-order chi connectivity index (χ0) is 22.4. The van der Waals surface area contributed by atoms with Crippen molar-refractivity contribution in [2.75, 3.05) is 26.3 Å². The topological polar surface area (TPSA) is 55.8 Å². The molecule has 0 bridgehead atoms. The largest absolute Gasteiger partial charge is 0.461 e. The fraction of sp³-hybridized carbons (Fsp3) is 0.583. The lowest BCUT2D eigenvalue weighted by molar-refractivity contribution is -0.158. The Morgan fingerprint density at radius 2 is 1.90 bits per heavy atom. The summed E-state index contributed by atoms with van der Waals surface area (Å²) in [6.45, 7) is 16.3. The molecular weight excluding hydrogens is 394 g/mol. The van der Waals surface area contributed by atoms with E-state index >= 15 is 0 Å². The lowest BCUT2D eigenvalue weighted by atomic mass is 9.77. The average Bonchev–Trinajstić information content (AvgIpc) is 2.71. The highest BCUT2D eigenvalue weighted by molar-refractivity contribution is 6.74. The average molecular weight is 432 g/mol. The summed E-state index contributed by atoms with van der Waals surface area (Å²) in [6.07, 6.45) is 3.59. The monoisotopic (exact) mass is 431 g/mol. The Balaban J connectivity index is 2.18. The molecule has 0 aromatic heterocycles. The van der Waals surface area contributed by atoms with Crippen LogP contribution in [0.2, 0.25) is 18.1 Å². The van der Waals surface area contributed by atoms with Crippen LogP contribution in [0.5, 0.6) is 0 Å². The number of ether oxygens (including phenoxy) is 1. The number of piperidine rings is 1. The number of likely N-dealkylation sites (tertiary alicyclic amines) is 1. The van der Waals surface area contributed by atoms with Crippen molar-refractivity contribution in [3.8, 4) is 0 Å². The molecule has 1 atom stereocenters. The van der Waals surface area contributed by atoms with E-state index in [-0.39, 0.29) is 23.5 Å². The second-order valence-corrected chi connectivity index (χ2v) is 14.5. The van der Waals surface area contributed by atoms with Crippen LogP contribution in [0.1, 0.15) is 50.4 Å². The molecule has 0 saturated carbocycles. The second kappa shape index (κ2) is 9.92. The number of carbonyl (C=O) groups is 2. The predicted molar refractivity (Wildman–Crippen MR) is 123 cm³/mol. The second-order valence-electron chi connectivity index (χ2n) is 9.72. The minimum Gasteiger partial charge on any atom is -0.461 e. The van der Waals surface area contributed by atoms with E-state index in [0.29, 0.717) is 38.1 Å². The van der Waals surface area contributed by atoms with E-state index in [4.69, 9.17) is 9.16 Å². The number of carbonyl (C=O) groups excluding carboxylic acids is 2. The van der Waals surface area contributed by atoms with Crippen molar-refractivity contribution < 1.29 is 18.8 Å². The Labute approximate surface area is 182 Å². The first-order valence-corrected chi connectivity index (χ1v) is 13.7. The Morgan fingerprint density at radius 3 is 2.50 bits per heavy atom. The highest BCUT2D eigenvalue weighted by Gasteiger charge is 2.45. The Bertz CT molecular complexity index is 741. The predicted octanol–water partition coefficient (Wildman–Crippen LogP) is 5.05. The summed E-state index contributed by atoms with van der Waals surface area (Å²) in [5.74, 6) is -0.298. The number of nitrogens with zero attached hydrogens (tertiary/aromatic N) is 1. The van der Waals surface area contributed by atoms with Crippen LogP contribution in [-0.4, -0.2) is 51.4 Å². The molecule has 6 heteroatoms. The van der Waals surface area contributed by atoms with Crippen molar-refractivity contribution in [2.24, 2.45) is 5.41 Å². The molecule has 5 nitrogen and oxygen atoms in total. The molecule has 1 heterocycles. The minimum atomic E-state index is -1.92. The van der Waals surface area contributed by atoms with Crippen LogP contribution >= 0.6 is 0 Å². The van der Waals surface area contributed by atoms with Gasteiger partial charge in [0.2, 0.25) is 0 Å². The third-order valence-electron chi connectivity index (χ3n) is 6.50. The third-order valence-corrected chi connectivity index (χ3v) is 11.0. The lowest BCUT2D eigenvalue weighted by Crippen LogP contribution is -2.51. The highest BCUT2D eigenvalue weighted by Crippen LogP contribution is 2.39. The van der Waals surface area contributed by atoms with Gasteiger partial charge in [-0.2, -0.15) is 0 Å². The van der Waals surface area contributed by atoms with E-state index in [1.165, 1.54) is 0 Å². The van der Waals surface area contributed by atoms with Gasteiger partial charge in [-0.3, -0.25) is 9.59 Å². The van der Waals surface area contributed by atoms with E-state index < -0.39 is 13.7 Å². The lowest BCUT2D eigenvalue weighted by Gasteiger charge is -2.42. The van der Waals surface area contributed by atoms with E-state index in [2.05, 4.69) is 40.4 Å². The summed E-state index contributed by atoms with van der Waals surface area (Å²) in [5, 5.41) is 0.103. The van der Waals surface area contributed by atoms with Crippen molar-refractivity contribution in [1.82, 2.24) is 4.90 Å². The number of hydrogen-bond acceptors (Lipinski definition) is 4. The van der Waals surface area contributed by atoms with Crippen molar-refractivity contribution >= 4 is 20.2 Å². The van der Waals surface area contributed by atoms with E-state index in [9.17, 15) is 9.59 Å². The van der Waals surface area contributed by atoms with Gasteiger partial charge in [0.05, 0.1) is 5.41 Å². The fourth-order valence-electron chi connectivity index (χ4n) is 3.55. The summed E-state index contributed by atoms with van der Waals surface area (Å²) in [5.41, 5.74) is -0.0982. The smallest absolute Gasteiger partial charge is 0.314 e. The van der Waals surface area contributed by atoms with Gasteiger partial charge < -0.3 is 14.1 Å². The van der Waals surface area contributed by atoms with Crippen LogP contribution in [0, 0.1) is 5.41 Å². The molecule has 2 rings (SSSR count). The summed E-state index contributed by atoms with van der Waals surface area (Å²) < 4.78 is 11.8. The van der Waals surface area contributed by atoms with Crippen molar-refractivity contribution in [1.29, 1.82) is 0 Å². The molecule has 1 aliphatic heterocycles. The zero-order valence-corrected chi connectivity index (χ0v) is 20.2. The minimum absolute atomic E-state index is 0.0403. The maximum absolute atomic E-state index is 13.1. The van der Waals surface area contributed by atoms with Crippen molar-refractivity contribution in [3.05, 3.63) is 48.6 Å². The fourth-order valence-corrected chi connectivity index (χ4v) is 4.59. The molecule has 1 aromatic carbocycles. The van der Waals surface area contributed by atoms with Gasteiger partial charge in [-0.15, -0.1) is 0 Å². The molecule has 1 saturated heterocycles. The number of esters is 1. The standard InChI is InChI=1S/C24H37NO4Si/c1-7-17-28-22(27)24(15-18-29-30(5,6)23(2,3)4)14-11-16-25(19-24)21(26)20-12-9-8-10-13-20/h7-10,12-13H,1,11,14-19H2,2-6H3. The molecular formula is C24H37NO4Si. The first-order valence-electron chi connectivity index (χ1n) is 10.8. The quantitative estimate of drug-likeness (QED) is 0.328. The molecule has 30 heavy (non-hydrogen) atoms. The van der Waals surface area contributed by atoms with Crippen molar-refractivity contribution in [2.45, 2.75) is 58.2 Å². The number of hydrogen-bond donors (Lipinski definition) is 0. The van der Waals surface area contributed by atoms with Gasteiger partial charge >= 0.3 is 5.97 Å². The number of amides is 1. The van der Waals surface area contributed by atoms with E-state index in [1.807, 2.05) is 30.3 Å². The number of rotatable bonds is 8. The highest BCUT2D eigenvalue weighted by atomic mass is 28.4. The van der Waals surface area contributed by atoms with Crippen LogP contribution in [0.25, 0.3) is 0 Å². The Kier molecular flexibility index (Phi) is 8.05. The van der Waals surface area contributed by atoms with E-state index in [0.717, 1.165) is 6.42 Å². The van der Waals surface area contributed by atoms with Gasteiger partial charge in [0.25, 0.3) is 5.91 Å². The van der Waals surface area contributed by atoms with Crippen LogP contribution in [0.3, 0.4) is 0 Å².